The Labute approximate surface area is 121 Å². The zero-order valence-corrected chi connectivity index (χ0v) is 12.8. The summed E-state index contributed by atoms with van der Waals surface area (Å²) in [5.41, 5.74) is 11.3. The van der Waals surface area contributed by atoms with E-state index in [0.29, 0.717) is 0 Å². The van der Waals surface area contributed by atoms with Gasteiger partial charge >= 0.3 is 0 Å². The van der Waals surface area contributed by atoms with Crippen molar-refractivity contribution in [2.45, 2.75) is 52.6 Å². The average molecular weight is 271 g/mol. The third-order valence-electron chi connectivity index (χ3n) is 3.67. The predicted molar refractivity (Wildman–Crippen MR) is 83.8 cm³/mol. The average Bonchev–Trinajstić information content (AvgIpc) is 2.83. The van der Waals surface area contributed by atoms with Crippen molar-refractivity contribution < 1.29 is 0 Å². The van der Waals surface area contributed by atoms with E-state index in [1.807, 2.05) is 0 Å². The van der Waals surface area contributed by atoms with Gasteiger partial charge in [0.05, 0.1) is 5.69 Å². The smallest absolute Gasteiger partial charge is 0.0624 e. The van der Waals surface area contributed by atoms with Crippen molar-refractivity contribution in [1.29, 1.82) is 0 Å². The van der Waals surface area contributed by atoms with Gasteiger partial charge in [-0.05, 0) is 38.3 Å². The molecule has 0 aliphatic rings. The summed E-state index contributed by atoms with van der Waals surface area (Å²) in [4.78, 5) is 0. The molecule has 20 heavy (non-hydrogen) atoms. The second-order valence-corrected chi connectivity index (χ2v) is 5.45. The molecule has 0 aliphatic heterocycles. The van der Waals surface area contributed by atoms with Crippen molar-refractivity contribution in [3.63, 3.8) is 0 Å². The largest absolute Gasteiger partial charge is 0.327 e. The van der Waals surface area contributed by atoms with Crippen molar-refractivity contribution in [2.24, 2.45) is 5.73 Å². The van der Waals surface area contributed by atoms with Crippen LogP contribution in [0.5, 0.6) is 0 Å². The molecule has 0 amide bonds. The van der Waals surface area contributed by atoms with Crippen LogP contribution in [0.2, 0.25) is 0 Å². The summed E-state index contributed by atoms with van der Waals surface area (Å²) >= 11 is 0. The number of nitrogens with zero attached hydrogens (tertiary/aromatic N) is 2. The zero-order chi connectivity index (χ0) is 14.5. The van der Waals surface area contributed by atoms with Crippen LogP contribution in [0.15, 0.2) is 30.3 Å². The first-order valence-corrected chi connectivity index (χ1v) is 7.49. The molecule has 108 valence electrons. The molecule has 3 nitrogen and oxygen atoms in total. The minimum atomic E-state index is 0.143. The van der Waals surface area contributed by atoms with Gasteiger partial charge < -0.3 is 5.73 Å². The number of nitrogens with two attached hydrogens (primary N) is 1. The fraction of sp³-hybridized carbons (Fsp3) is 0.471. The van der Waals surface area contributed by atoms with E-state index in [9.17, 15) is 0 Å². The Balaban J connectivity index is 2.02. The molecule has 0 saturated carbocycles. The maximum absolute atomic E-state index is 6.31. The molecule has 1 unspecified atom stereocenters. The lowest BCUT2D eigenvalue weighted by Crippen LogP contribution is -2.26. The molecule has 2 N–H and O–H groups in total. The molecular weight excluding hydrogens is 246 g/mol. The van der Waals surface area contributed by atoms with E-state index in [0.717, 1.165) is 31.5 Å². The first-order valence-electron chi connectivity index (χ1n) is 7.49. The summed E-state index contributed by atoms with van der Waals surface area (Å²) in [6.07, 6.45) is 2.78. The SMILES string of the molecule is CCc1cc(CC(N)Cc2ccc(C)cc2)n(CC)n1. The summed E-state index contributed by atoms with van der Waals surface area (Å²) < 4.78 is 2.08. The predicted octanol–water partition coefficient (Wildman–Crippen LogP) is 2.89. The van der Waals surface area contributed by atoms with Gasteiger partial charge in [0.1, 0.15) is 0 Å². The summed E-state index contributed by atoms with van der Waals surface area (Å²) in [5.74, 6) is 0. The molecule has 0 spiro atoms. The molecule has 0 fully saturated rings. The number of aryl methyl sites for hydroxylation is 3. The van der Waals surface area contributed by atoms with Crippen LogP contribution in [0.1, 0.15) is 36.4 Å². The maximum Gasteiger partial charge on any atom is 0.0624 e. The highest BCUT2D eigenvalue weighted by atomic mass is 15.3. The Morgan fingerprint density at radius 3 is 2.45 bits per heavy atom. The van der Waals surface area contributed by atoms with Gasteiger partial charge in [-0.3, -0.25) is 4.68 Å². The third kappa shape index (κ3) is 3.70. The van der Waals surface area contributed by atoms with Crippen LogP contribution in [0.3, 0.4) is 0 Å². The van der Waals surface area contributed by atoms with Gasteiger partial charge in [0.15, 0.2) is 0 Å². The van der Waals surface area contributed by atoms with Crippen LogP contribution in [0, 0.1) is 6.92 Å². The molecule has 2 rings (SSSR count). The summed E-state index contributed by atoms with van der Waals surface area (Å²) in [7, 11) is 0. The minimum Gasteiger partial charge on any atom is -0.327 e. The fourth-order valence-electron chi connectivity index (χ4n) is 2.49. The van der Waals surface area contributed by atoms with Crippen LogP contribution in [0.4, 0.5) is 0 Å². The van der Waals surface area contributed by atoms with Gasteiger partial charge in [-0.2, -0.15) is 5.10 Å². The van der Waals surface area contributed by atoms with Crippen molar-refractivity contribution >= 4 is 0 Å². The second kappa shape index (κ2) is 6.71. The van der Waals surface area contributed by atoms with Crippen LogP contribution < -0.4 is 5.73 Å². The first kappa shape index (κ1) is 14.8. The van der Waals surface area contributed by atoms with E-state index in [2.05, 4.69) is 60.9 Å². The molecular formula is C17H25N3. The quantitative estimate of drug-likeness (QED) is 0.878. The zero-order valence-electron chi connectivity index (χ0n) is 12.8. The van der Waals surface area contributed by atoms with Crippen LogP contribution >= 0.6 is 0 Å². The Morgan fingerprint density at radius 1 is 1.15 bits per heavy atom. The van der Waals surface area contributed by atoms with Crippen molar-refractivity contribution in [3.8, 4) is 0 Å². The van der Waals surface area contributed by atoms with Crippen molar-refractivity contribution in [2.75, 3.05) is 0 Å². The highest BCUT2D eigenvalue weighted by Crippen LogP contribution is 2.11. The molecule has 0 saturated heterocycles. The lowest BCUT2D eigenvalue weighted by atomic mass is 10.0. The molecule has 1 aromatic carbocycles. The maximum atomic E-state index is 6.31. The van der Waals surface area contributed by atoms with E-state index < -0.39 is 0 Å². The molecule has 3 heteroatoms. The lowest BCUT2D eigenvalue weighted by molar-refractivity contribution is 0.573. The number of rotatable bonds is 6. The highest BCUT2D eigenvalue weighted by molar-refractivity contribution is 5.22. The Hall–Kier alpha value is -1.61. The Kier molecular flexibility index (Phi) is 4.96. The third-order valence-corrected chi connectivity index (χ3v) is 3.67. The van der Waals surface area contributed by atoms with Gasteiger partial charge in [0, 0.05) is 24.7 Å². The van der Waals surface area contributed by atoms with E-state index in [1.54, 1.807) is 0 Å². The number of benzene rings is 1. The van der Waals surface area contributed by atoms with Crippen LogP contribution in [-0.2, 0) is 25.8 Å². The molecule has 0 bridgehead atoms. The van der Waals surface area contributed by atoms with E-state index >= 15 is 0 Å². The normalized spacial score (nSPS) is 12.6. The number of hydrogen-bond acceptors (Lipinski definition) is 2. The molecule has 1 atom stereocenters. The minimum absolute atomic E-state index is 0.143. The van der Waals surface area contributed by atoms with Gasteiger partial charge in [0.2, 0.25) is 0 Å². The number of aromatic nitrogens is 2. The first-order chi connectivity index (χ1) is 9.62. The summed E-state index contributed by atoms with van der Waals surface area (Å²) in [6, 6.07) is 11.0. The molecule has 0 radical (unpaired) electrons. The molecule has 2 aromatic rings. The number of hydrogen-bond donors (Lipinski definition) is 1. The van der Waals surface area contributed by atoms with Gasteiger partial charge in [0.25, 0.3) is 0 Å². The molecule has 0 aliphatic carbocycles. The Morgan fingerprint density at radius 2 is 1.85 bits per heavy atom. The summed E-state index contributed by atoms with van der Waals surface area (Å²) in [6.45, 7) is 7.28. The van der Waals surface area contributed by atoms with Crippen LogP contribution in [0.25, 0.3) is 0 Å². The van der Waals surface area contributed by atoms with Crippen molar-refractivity contribution in [1.82, 2.24) is 9.78 Å². The monoisotopic (exact) mass is 271 g/mol. The van der Waals surface area contributed by atoms with Crippen molar-refractivity contribution in [3.05, 3.63) is 52.8 Å². The topological polar surface area (TPSA) is 43.8 Å². The van der Waals surface area contributed by atoms with E-state index in [4.69, 9.17) is 5.73 Å². The van der Waals surface area contributed by atoms with Gasteiger partial charge in [-0.1, -0.05) is 36.8 Å². The van der Waals surface area contributed by atoms with E-state index in [-0.39, 0.29) is 6.04 Å². The highest BCUT2D eigenvalue weighted by Gasteiger charge is 2.11. The molecule has 1 aromatic heterocycles. The summed E-state index contributed by atoms with van der Waals surface area (Å²) in [5, 5.41) is 4.58. The standard InChI is InChI=1S/C17H25N3/c1-4-16-12-17(20(5-2)19-16)11-15(18)10-14-8-6-13(3)7-9-14/h6-9,12,15H,4-5,10-11,18H2,1-3H3. The second-order valence-electron chi connectivity index (χ2n) is 5.45. The van der Waals surface area contributed by atoms with Gasteiger partial charge in [-0.15, -0.1) is 0 Å². The lowest BCUT2D eigenvalue weighted by Gasteiger charge is -2.12. The molecule has 1 heterocycles. The van der Waals surface area contributed by atoms with E-state index in [1.165, 1.54) is 16.8 Å². The fourth-order valence-corrected chi connectivity index (χ4v) is 2.49. The van der Waals surface area contributed by atoms with Gasteiger partial charge in [-0.25, -0.2) is 0 Å². The van der Waals surface area contributed by atoms with Crippen LogP contribution in [-0.4, -0.2) is 15.8 Å². The Bertz CT molecular complexity index is 540.